The van der Waals surface area contributed by atoms with Gasteiger partial charge < -0.3 is 10.4 Å². The number of hydrogen-bond donors (Lipinski definition) is 2. The van der Waals surface area contributed by atoms with Crippen molar-refractivity contribution in [3.8, 4) is 0 Å². The van der Waals surface area contributed by atoms with Crippen molar-refractivity contribution >= 4 is 28.1 Å². The Kier molecular flexibility index (Phi) is 8.81. The Bertz CT molecular complexity index is 444. The summed E-state index contributed by atoms with van der Waals surface area (Å²) >= 11 is 0.271. The Hall–Kier alpha value is -1.04. The topological polar surface area (TPSA) is 83.5 Å². The fraction of sp³-hybridized carbons (Fsp3) is 0.833. The van der Waals surface area contributed by atoms with Gasteiger partial charge in [-0.2, -0.15) is 0 Å². The molecule has 0 heterocycles. The molecule has 0 aromatic carbocycles. The van der Waals surface area contributed by atoms with Crippen LogP contribution in [0.3, 0.4) is 0 Å². The van der Waals surface area contributed by atoms with E-state index in [9.17, 15) is 14.4 Å². The lowest BCUT2D eigenvalue weighted by Gasteiger charge is -2.37. The summed E-state index contributed by atoms with van der Waals surface area (Å²) in [5, 5.41) is 9.99. The van der Waals surface area contributed by atoms with Gasteiger partial charge in [-0.3, -0.25) is 9.59 Å². The molecule has 0 spiro atoms. The second kappa shape index (κ2) is 10.1. The van der Waals surface area contributed by atoms with Crippen molar-refractivity contribution < 1.29 is 19.5 Å². The summed E-state index contributed by atoms with van der Waals surface area (Å²) in [5.41, 5.74) is -0.386. The van der Waals surface area contributed by atoms with Gasteiger partial charge in [-0.15, -0.1) is 0 Å². The molecule has 24 heavy (non-hydrogen) atoms. The average Bonchev–Trinajstić information content (AvgIpc) is 2.52. The van der Waals surface area contributed by atoms with Crippen molar-refractivity contribution in [2.45, 2.75) is 84.6 Å². The number of hydrogen-bond acceptors (Lipinski definition) is 4. The predicted molar refractivity (Wildman–Crippen MR) is 97.1 cm³/mol. The van der Waals surface area contributed by atoms with Gasteiger partial charge in [0.1, 0.15) is 0 Å². The predicted octanol–water partition coefficient (Wildman–Crippen LogP) is 4.60. The molecule has 1 aliphatic rings. The van der Waals surface area contributed by atoms with Gasteiger partial charge in [-0.25, -0.2) is 4.79 Å². The Morgan fingerprint density at radius 2 is 1.75 bits per heavy atom. The number of rotatable bonds is 8. The molecule has 1 atom stereocenters. The summed E-state index contributed by atoms with van der Waals surface area (Å²) < 4.78 is 0. The van der Waals surface area contributed by atoms with Crippen LogP contribution < -0.4 is 5.32 Å². The van der Waals surface area contributed by atoms with Crippen LogP contribution in [0.15, 0.2) is 0 Å². The molecule has 0 saturated heterocycles. The minimum absolute atomic E-state index is 0.0550. The Labute approximate surface area is 149 Å². The molecule has 6 heteroatoms. The maximum atomic E-state index is 13.0. The maximum absolute atomic E-state index is 13.0. The molecule has 1 unspecified atom stereocenters. The highest BCUT2D eigenvalue weighted by Gasteiger charge is 2.40. The van der Waals surface area contributed by atoms with E-state index in [0.29, 0.717) is 12.3 Å². The van der Waals surface area contributed by atoms with Crippen LogP contribution in [-0.4, -0.2) is 27.5 Å². The first kappa shape index (κ1) is 21.0. The minimum atomic E-state index is -1.22. The van der Waals surface area contributed by atoms with E-state index < -0.39 is 16.5 Å². The first-order chi connectivity index (χ1) is 11.3. The van der Waals surface area contributed by atoms with E-state index in [1.807, 2.05) is 6.92 Å². The van der Waals surface area contributed by atoms with E-state index in [1.165, 1.54) is 0 Å². The number of carbonyl (C=O) groups excluding carboxylic acids is 2. The summed E-state index contributed by atoms with van der Waals surface area (Å²) in [4.78, 5) is 35.9. The number of carboxylic acid groups (broad SMARTS) is 1. The average molecular weight is 358 g/mol. The molecular formula is C18H31NO4S. The van der Waals surface area contributed by atoms with Crippen LogP contribution in [0.4, 0.5) is 4.79 Å². The summed E-state index contributed by atoms with van der Waals surface area (Å²) in [6.07, 6.45) is 8.00. The smallest absolute Gasteiger partial charge is 0.372 e. The van der Waals surface area contributed by atoms with Crippen molar-refractivity contribution in [3.63, 3.8) is 0 Å². The van der Waals surface area contributed by atoms with Crippen molar-refractivity contribution in [3.05, 3.63) is 0 Å². The zero-order valence-electron chi connectivity index (χ0n) is 15.1. The summed E-state index contributed by atoms with van der Waals surface area (Å²) in [7, 11) is 0. The number of amides is 1. The van der Waals surface area contributed by atoms with Crippen LogP contribution in [-0.2, 0) is 9.59 Å². The van der Waals surface area contributed by atoms with E-state index in [0.717, 1.165) is 51.4 Å². The molecule has 0 aromatic rings. The van der Waals surface area contributed by atoms with E-state index in [4.69, 9.17) is 5.11 Å². The van der Waals surface area contributed by atoms with Gasteiger partial charge in [-0.05, 0) is 38.0 Å². The molecule has 1 aliphatic carbocycles. The molecular weight excluding hydrogens is 326 g/mol. The third-order valence-electron chi connectivity index (χ3n) is 4.85. The van der Waals surface area contributed by atoms with E-state index in [1.54, 1.807) is 0 Å². The van der Waals surface area contributed by atoms with Gasteiger partial charge in [0.05, 0.1) is 6.04 Å². The van der Waals surface area contributed by atoms with Crippen LogP contribution in [0.1, 0.15) is 78.6 Å². The van der Waals surface area contributed by atoms with Crippen molar-refractivity contribution in [2.75, 3.05) is 0 Å². The summed E-state index contributed by atoms with van der Waals surface area (Å²) in [6, 6.07) is -0.707. The molecule has 0 radical (unpaired) electrons. The molecule has 1 amide bonds. The Morgan fingerprint density at radius 3 is 2.25 bits per heavy atom. The van der Waals surface area contributed by atoms with Crippen LogP contribution in [0.2, 0.25) is 0 Å². The van der Waals surface area contributed by atoms with Crippen molar-refractivity contribution in [1.82, 2.24) is 5.32 Å². The zero-order valence-corrected chi connectivity index (χ0v) is 15.9. The van der Waals surface area contributed by atoms with E-state index >= 15 is 0 Å². The standard InChI is InChI=1S/C18H31NO4S/c1-4-8-14(15(20)24-17(22)23)19-16(21)18(12-9-13(2)3)10-6-5-7-11-18/h13-14H,4-12H2,1-3H3,(H,19,21)(H,22,23). The second-order valence-corrected chi connectivity index (χ2v) is 8.23. The zero-order chi connectivity index (χ0) is 18.2. The molecule has 0 aromatic heterocycles. The first-order valence-corrected chi connectivity index (χ1v) is 9.88. The highest BCUT2D eigenvalue weighted by Crippen LogP contribution is 2.41. The van der Waals surface area contributed by atoms with Gasteiger partial charge >= 0.3 is 5.30 Å². The number of carbonyl (C=O) groups is 3. The van der Waals surface area contributed by atoms with Gasteiger partial charge in [0.25, 0.3) is 0 Å². The van der Waals surface area contributed by atoms with Crippen LogP contribution in [0, 0.1) is 11.3 Å². The van der Waals surface area contributed by atoms with Crippen LogP contribution >= 0.6 is 11.8 Å². The maximum Gasteiger partial charge on any atom is 0.372 e. The third kappa shape index (κ3) is 6.46. The monoisotopic (exact) mass is 357 g/mol. The van der Waals surface area contributed by atoms with Crippen molar-refractivity contribution in [1.29, 1.82) is 0 Å². The summed E-state index contributed by atoms with van der Waals surface area (Å²) in [6.45, 7) is 6.23. The fourth-order valence-corrected chi connectivity index (χ4v) is 3.88. The SMILES string of the molecule is CCCC(NC(=O)C1(CCC(C)C)CCCCC1)C(=O)SC(=O)O. The van der Waals surface area contributed by atoms with Gasteiger partial charge in [-0.1, -0.05) is 46.5 Å². The largest absolute Gasteiger partial charge is 0.473 e. The molecule has 1 rings (SSSR count). The highest BCUT2D eigenvalue weighted by atomic mass is 32.2. The molecule has 2 N–H and O–H groups in total. The van der Waals surface area contributed by atoms with Gasteiger partial charge in [0.15, 0.2) is 0 Å². The quantitative estimate of drug-likeness (QED) is 0.663. The van der Waals surface area contributed by atoms with Crippen LogP contribution in [0.5, 0.6) is 0 Å². The fourth-order valence-electron chi connectivity index (χ4n) is 3.39. The molecule has 1 fully saturated rings. The normalized spacial score (nSPS) is 18.2. The van der Waals surface area contributed by atoms with Crippen LogP contribution in [0.25, 0.3) is 0 Å². The second-order valence-electron chi connectivity index (χ2n) is 7.28. The number of thioether (sulfide) groups is 1. The lowest BCUT2D eigenvalue weighted by atomic mass is 9.69. The molecule has 5 nitrogen and oxygen atoms in total. The minimum Gasteiger partial charge on any atom is -0.473 e. The Balaban J connectivity index is 2.83. The molecule has 0 aliphatic heterocycles. The lowest BCUT2D eigenvalue weighted by Crippen LogP contribution is -2.49. The van der Waals surface area contributed by atoms with E-state index in [2.05, 4.69) is 19.2 Å². The molecule has 138 valence electrons. The Morgan fingerprint density at radius 1 is 1.12 bits per heavy atom. The highest BCUT2D eigenvalue weighted by molar-refractivity contribution is 8.25. The summed E-state index contributed by atoms with van der Waals surface area (Å²) in [5.74, 6) is 0.480. The molecule has 1 saturated carbocycles. The molecule has 0 bridgehead atoms. The number of nitrogens with one attached hydrogen (secondary N) is 1. The van der Waals surface area contributed by atoms with Gasteiger partial charge in [0.2, 0.25) is 11.0 Å². The van der Waals surface area contributed by atoms with Gasteiger partial charge in [0, 0.05) is 17.2 Å². The lowest BCUT2D eigenvalue weighted by molar-refractivity contribution is -0.136. The van der Waals surface area contributed by atoms with E-state index in [-0.39, 0.29) is 23.1 Å². The van der Waals surface area contributed by atoms with Crippen molar-refractivity contribution in [2.24, 2.45) is 11.3 Å². The first-order valence-electron chi connectivity index (χ1n) is 9.06. The third-order valence-corrected chi connectivity index (χ3v) is 5.51.